The highest BCUT2D eigenvalue weighted by Crippen LogP contribution is 2.19. The highest BCUT2D eigenvalue weighted by atomic mass is 19.2. The van der Waals surface area contributed by atoms with E-state index in [1.54, 1.807) is 0 Å². The summed E-state index contributed by atoms with van der Waals surface area (Å²) in [6.07, 6.45) is 1.20. The number of H-pyrrole nitrogens is 1. The quantitative estimate of drug-likeness (QED) is 0.478. The van der Waals surface area contributed by atoms with Gasteiger partial charge in [0.2, 0.25) is 0 Å². The second-order valence-electron chi connectivity index (χ2n) is 5.91. The Bertz CT molecular complexity index is 1130. The van der Waals surface area contributed by atoms with Gasteiger partial charge in [0.05, 0.1) is 6.33 Å². The largest absolute Gasteiger partial charge is 0.354 e. The molecule has 0 atom stereocenters. The Balaban J connectivity index is 1.71. The van der Waals surface area contributed by atoms with Crippen LogP contribution in [0.5, 0.6) is 0 Å². The minimum atomic E-state index is -1.60. The predicted molar refractivity (Wildman–Crippen MR) is 101 cm³/mol. The summed E-state index contributed by atoms with van der Waals surface area (Å²) in [5.74, 6) is -6.51. The minimum absolute atomic E-state index is 0.0157. The average Bonchev–Trinajstić information content (AvgIpc) is 3.22. The fourth-order valence-electron chi connectivity index (χ4n) is 2.52. The molecule has 0 aliphatic rings. The first-order valence-corrected chi connectivity index (χ1v) is 8.43. The number of anilines is 2. The Labute approximate surface area is 167 Å². The fourth-order valence-corrected chi connectivity index (χ4v) is 2.52. The third-order valence-electron chi connectivity index (χ3n) is 3.98. The number of imidazole rings is 1. The Morgan fingerprint density at radius 2 is 1.40 bits per heavy atom. The molecule has 8 nitrogen and oxygen atoms in total. The topological polar surface area (TPSA) is 116 Å². The molecule has 0 fully saturated rings. The van der Waals surface area contributed by atoms with E-state index in [0.29, 0.717) is 17.8 Å². The van der Waals surface area contributed by atoms with Crippen LogP contribution < -0.4 is 16.0 Å². The van der Waals surface area contributed by atoms with Crippen molar-refractivity contribution in [2.75, 3.05) is 17.7 Å². The lowest BCUT2D eigenvalue weighted by molar-refractivity contribution is 0.0943. The number of aromatic nitrogens is 2. The molecule has 30 heavy (non-hydrogen) atoms. The molecule has 0 saturated heterocycles. The van der Waals surface area contributed by atoms with E-state index in [0.717, 1.165) is 0 Å². The van der Waals surface area contributed by atoms with Gasteiger partial charge in [-0.3, -0.25) is 14.4 Å². The molecule has 11 heteroatoms. The van der Waals surface area contributed by atoms with Crippen molar-refractivity contribution in [1.29, 1.82) is 0 Å². The number of nitrogens with one attached hydrogen (secondary N) is 4. The van der Waals surface area contributed by atoms with Gasteiger partial charge in [0.25, 0.3) is 17.7 Å². The Hall–Kier alpha value is -4.15. The summed E-state index contributed by atoms with van der Waals surface area (Å²) >= 11 is 0. The lowest BCUT2D eigenvalue weighted by Gasteiger charge is -2.09. The number of carbonyl (C=O) groups excluding carboxylic acids is 3. The number of nitrogens with zero attached hydrogens (tertiary/aromatic N) is 1. The number of amides is 3. The zero-order chi connectivity index (χ0) is 21.8. The van der Waals surface area contributed by atoms with Gasteiger partial charge in [-0.05, 0) is 36.4 Å². The number of carbonyl (C=O) groups is 3. The molecule has 2 aromatic carbocycles. The van der Waals surface area contributed by atoms with Crippen LogP contribution in [0.2, 0.25) is 0 Å². The molecule has 3 rings (SSSR count). The van der Waals surface area contributed by atoms with E-state index in [4.69, 9.17) is 0 Å². The Morgan fingerprint density at radius 3 is 2.00 bits per heavy atom. The van der Waals surface area contributed by atoms with Crippen LogP contribution >= 0.6 is 0 Å². The van der Waals surface area contributed by atoms with Crippen molar-refractivity contribution in [3.05, 3.63) is 77.1 Å². The van der Waals surface area contributed by atoms with Crippen molar-refractivity contribution in [2.45, 2.75) is 0 Å². The first-order valence-electron chi connectivity index (χ1n) is 8.43. The van der Waals surface area contributed by atoms with Crippen molar-refractivity contribution in [2.24, 2.45) is 0 Å². The molecule has 3 aromatic rings. The van der Waals surface area contributed by atoms with Crippen molar-refractivity contribution in [3.63, 3.8) is 0 Å². The summed E-state index contributed by atoms with van der Waals surface area (Å²) in [5.41, 5.74) is -0.742. The van der Waals surface area contributed by atoms with Gasteiger partial charge < -0.3 is 20.9 Å². The second-order valence-corrected chi connectivity index (χ2v) is 5.91. The summed E-state index contributed by atoms with van der Waals surface area (Å²) < 4.78 is 40.7. The molecule has 3 amide bonds. The van der Waals surface area contributed by atoms with Crippen LogP contribution in [-0.4, -0.2) is 34.7 Å². The summed E-state index contributed by atoms with van der Waals surface area (Å²) in [6, 6.07) is 6.73. The first-order chi connectivity index (χ1) is 14.3. The molecular weight excluding hydrogens is 403 g/mol. The van der Waals surface area contributed by atoms with Gasteiger partial charge in [0, 0.05) is 18.4 Å². The smallest absolute Gasteiger partial charge is 0.276 e. The van der Waals surface area contributed by atoms with Gasteiger partial charge in [-0.25, -0.2) is 18.2 Å². The van der Waals surface area contributed by atoms with Crippen LogP contribution in [0.4, 0.5) is 24.5 Å². The second kappa shape index (κ2) is 8.47. The van der Waals surface area contributed by atoms with E-state index in [-0.39, 0.29) is 17.1 Å². The summed E-state index contributed by atoms with van der Waals surface area (Å²) in [4.78, 5) is 42.5. The zero-order valence-corrected chi connectivity index (χ0v) is 15.3. The van der Waals surface area contributed by atoms with Gasteiger partial charge in [-0.15, -0.1) is 0 Å². The van der Waals surface area contributed by atoms with E-state index < -0.39 is 40.7 Å². The molecule has 0 aliphatic carbocycles. The van der Waals surface area contributed by atoms with Gasteiger partial charge >= 0.3 is 0 Å². The maximum Gasteiger partial charge on any atom is 0.276 e. The Kier molecular flexibility index (Phi) is 5.81. The predicted octanol–water partition coefficient (Wildman–Crippen LogP) is 2.69. The minimum Gasteiger partial charge on any atom is -0.354 e. The van der Waals surface area contributed by atoms with Gasteiger partial charge in [0.15, 0.2) is 17.3 Å². The van der Waals surface area contributed by atoms with Crippen LogP contribution in [-0.2, 0) is 0 Å². The molecule has 0 saturated carbocycles. The van der Waals surface area contributed by atoms with Crippen LogP contribution in [0.15, 0.2) is 42.7 Å². The molecule has 0 unspecified atom stereocenters. The highest BCUT2D eigenvalue weighted by molar-refractivity contribution is 6.10. The lowest BCUT2D eigenvalue weighted by atomic mass is 10.1. The monoisotopic (exact) mass is 417 g/mol. The van der Waals surface area contributed by atoms with E-state index in [1.165, 1.54) is 37.6 Å². The van der Waals surface area contributed by atoms with Crippen LogP contribution in [0.3, 0.4) is 0 Å². The fraction of sp³-hybridized carbons (Fsp3) is 0.0526. The number of hydrogen-bond acceptors (Lipinski definition) is 4. The number of halogens is 3. The van der Waals surface area contributed by atoms with Gasteiger partial charge in [-0.2, -0.15) is 0 Å². The number of benzene rings is 2. The molecule has 0 bridgehead atoms. The van der Waals surface area contributed by atoms with E-state index in [9.17, 15) is 27.6 Å². The molecule has 4 N–H and O–H groups in total. The van der Waals surface area contributed by atoms with Crippen LogP contribution in [0.25, 0.3) is 0 Å². The van der Waals surface area contributed by atoms with Crippen molar-refractivity contribution in [1.82, 2.24) is 15.3 Å². The molecule has 0 radical (unpaired) electrons. The van der Waals surface area contributed by atoms with E-state index >= 15 is 0 Å². The van der Waals surface area contributed by atoms with E-state index in [1.807, 2.05) is 0 Å². The number of rotatable bonds is 5. The van der Waals surface area contributed by atoms with Crippen LogP contribution in [0.1, 0.15) is 31.3 Å². The third kappa shape index (κ3) is 4.14. The zero-order valence-electron chi connectivity index (χ0n) is 15.3. The van der Waals surface area contributed by atoms with Gasteiger partial charge in [-0.1, -0.05) is 0 Å². The summed E-state index contributed by atoms with van der Waals surface area (Å²) in [5, 5.41) is 7.13. The number of aromatic amines is 1. The summed E-state index contributed by atoms with van der Waals surface area (Å²) in [6.45, 7) is 0. The molecule has 0 aliphatic heterocycles. The SMILES string of the molecule is CNC(=O)c1[nH]cnc1C(=O)Nc1ccc(NC(=O)c2c(F)ccc(F)c2F)cc1. The highest BCUT2D eigenvalue weighted by Gasteiger charge is 2.21. The number of hydrogen-bond donors (Lipinski definition) is 4. The third-order valence-corrected chi connectivity index (χ3v) is 3.98. The average molecular weight is 417 g/mol. The molecule has 1 aromatic heterocycles. The van der Waals surface area contributed by atoms with Crippen molar-refractivity contribution < 1.29 is 27.6 Å². The molecule has 0 spiro atoms. The molecular formula is C19H14F3N5O3. The van der Waals surface area contributed by atoms with Crippen LogP contribution in [0, 0.1) is 17.5 Å². The lowest BCUT2D eigenvalue weighted by Crippen LogP contribution is -2.23. The first kappa shape index (κ1) is 20.6. The maximum atomic E-state index is 13.7. The standard InChI is InChI=1S/C19H14F3N5O3/c1-23-18(29)15-16(25-8-24-15)19(30)27-10-4-2-9(3-5-10)26-17(28)13-11(20)6-7-12(21)14(13)22/h2-8H,1H3,(H,23,29)(H,24,25)(H,26,28)(H,27,30). The summed E-state index contributed by atoms with van der Waals surface area (Å²) in [7, 11) is 1.40. The van der Waals surface area contributed by atoms with Crippen molar-refractivity contribution >= 4 is 29.1 Å². The molecule has 154 valence electrons. The van der Waals surface area contributed by atoms with Crippen molar-refractivity contribution in [3.8, 4) is 0 Å². The maximum absolute atomic E-state index is 13.7. The molecule has 1 heterocycles. The van der Waals surface area contributed by atoms with E-state index in [2.05, 4.69) is 25.9 Å². The van der Waals surface area contributed by atoms with Gasteiger partial charge in [0.1, 0.15) is 17.1 Å². The normalized spacial score (nSPS) is 10.4. The Morgan fingerprint density at radius 1 is 0.833 bits per heavy atom.